The summed E-state index contributed by atoms with van der Waals surface area (Å²) in [5.41, 5.74) is 4.07. The van der Waals surface area contributed by atoms with E-state index in [9.17, 15) is 4.79 Å². The van der Waals surface area contributed by atoms with Gasteiger partial charge in [-0.25, -0.2) is 0 Å². The van der Waals surface area contributed by atoms with Crippen molar-refractivity contribution >= 4 is 28.0 Å². The Bertz CT molecular complexity index is 841. The van der Waals surface area contributed by atoms with E-state index in [1.807, 2.05) is 37.3 Å². The highest BCUT2D eigenvalue weighted by atomic mass is 32.1. The number of pyridine rings is 1. The predicted molar refractivity (Wildman–Crippen MR) is 86.3 cm³/mol. The fourth-order valence-corrected chi connectivity index (χ4v) is 4.17. The van der Waals surface area contributed by atoms with Crippen molar-refractivity contribution in [2.45, 2.75) is 26.2 Å². The first-order valence-electron chi connectivity index (χ1n) is 7.24. The van der Waals surface area contributed by atoms with E-state index in [-0.39, 0.29) is 5.78 Å². The van der Waals surface area contributed by atoms with Crippen molar-refractivity contribution in [2.24, 2.45) is 0 Å². The van der Waals surface area contributed by atoms with Crippen molar-refractivity contribution in [1.82, 2.24) is 4.98 Å². The summed E-state index contributed by atoms with van der Waals surface area (Å²) in [6.07, 6.45) is 3.49. The number of hydrogen-bond acceptors (Lipinski definition) is 3. The van der Waals surface area contributed by atoms with Crippen LogP contribution in [0.3, 0.4) is 0 Å². The van der Waals surface area contributed by atoms with Crippen molar-refractivity contribution in [3.05, 3.63) is 63.0 Å². The maximum Gasteiger partial charge on any atom is 0.202 e. The van der Waals surface area contributed by atoms with Crippen LogP contribution in [0.5, 0.6) is 0 Å². The minimum absolute atomic E-state index is 0.136. The Morgan fingerprint density at radius 3 is 2.90 bits per heavy atom. The molecule has 0 radical (unpaired) electrons. The van der Waals surface area contributed by atoms with Gasteiger partial charge >= 0.3 is 0 Å². The zero-order valence-electron chi connectivity index (χ0n) is 11.8. The van der Waals surface area contributed by atoms with Crippen LogP contribution in [-0.2, 0) is 12.8 Å². The first-order valence-corrected chi connectivity index (χ1v) is 8.06. The molecule has 0 N–H and O–H groups in total. The molecule has 0 fully saturated rings. The number of carbonyl (C=O) groups is 1. The SMILES string of the molecule is Cc1ccc2cc(C(=O)c3cc4c(s3)CCC4)ccc2n1. The summed E-state index contributed by atoms with van der Waals surface area (Å²) < 4.78 is 0. The minimum atomic E-state index is 0.136. The third-order valence-electron chi connectivity index (χ3n) is 4.06. The molecule has 4 rings (SSSR count). The molecule has 0 spiro atoms. The Balaban J connectivity index is 1.74. The lowest BCUT2D eigenvalue weighted by Crippen LogP contribution is -1.99. The molecule has 0 atom stereocenters. The average Bonchev–Trinajstić information content (AvgIpc) is 3.07. The highest BCUT2D eigenvalue weighted by Gasteiger charge is 2.19. The molecule has 2 heterocycles. The zero-order chi connectivity index (χ0) is 14.4. The average molecular weight is 293 g/mol. The summed E-state index contributed by atoms with van der Waals surface area (Å²) in [5.74, 6) is 0.136. The van der Waals surface area contributed by atoms with Crippen LogP contribution in [0.2, 0.25) is 0 Å². The molecule has 0 saturated heterocycles. The summed E-state index contributed by atoms with van der Waals surface area (Å²) in [4.78, 5) is 19.4. The molecule has 0 bridgehead atoms. The summed E-state index contributed by atoms with van der Waals surface area (Å²) in [6.45, 7) is 1.98. The van der Waals surface area contributed by atoms with Crippen LogP contribution in [0.1, 0.15) is 37.8 Å². The lowest BCUT2D eigenvalue weighted by Gasteiger charge is -2.02. The largest absolute Gasteiger partial charge is 0.288 e. The Kier molecular flexibility index (Phi) is 2.89. The van der Waals surface area contributed by atoms with Gasteiger partial charge in [-0.1, -0.05) is 6.07 Å². The smallest absolute Gasteiger partial charge is 0.202 e. The molecular weight excluding hydrogens is 278 g/mol. The van der Waals surface area contributed by atoms with Crippen LogP contribution in [-0.4, -0.2) is 10.8 Å². The first-order chi connectivity index (χ1) is 10.2. The first kappa shape index (κ1) is 12.7. The van der Waals surface area contributed by atoms with Gasteiger partial charge in [0.2, 0.25) is 5.78 Å². The van der Waals surface area contributed by atoms with Crippen LogP contribution in [0.4, 0.5) is 0 Å². The van der Waals surface area contributed by atoms with E-state index >= 15 is 0 Å². The second-order valence-electron chi connectivity index (χ2n) is 5.60. The molecule has 3 heteroatoms. The number of thiophene rings is 1. The fraction of sp³-hybridized carbons (Fsp3) is 0.222. The third-order valence-corrected chi connectivity index (χ3v) is 5.30. The summed E-state index contributed by atoms with van der Waals surface area (Å²) in [5, 5.41) is 1.02. The van der Waals surface area contributed by atoms with E-state index in [4.69, 9.17) is 0 Å². The normalized spacial score (nSPS) is 13.6. The Morgan fingerprint density at radius 2 is 2.05 bits per heavy atom. The number of aromatic nitrogens is 1. The minimum Gasteiger partial charge on any atom is -0.288 e. The molecule has 0 amide bonds. The molecule has 1 aliphatic rings. The van der Waals surface area contributed by atoms with Crippen LogP contribution in [0, 0.1) is 6.92 Å². The standard InChI is InChI=1S/C18H15NOS/c1-11-5-6-12-9-14(7-8-15(12)19-11)18(20)17-10-13-3-2-4-16(13)21-17/h5-10H,2-4H2,1H3. The highest BCUT2D eigenvalue weighted by molar-refractivity contribution is 7.14. The van der Waals surface area contributed by atoms with Gasteiger partial charge in [0.25, 0.3) is 0 Å². The van der Waals surface area contributed by atoms with Crippen LogP contribution in [0.25, 0.3) is 10.9 Å². The third kappa shape index (κ3) is 2.18. The van der Waals surface area contributed by atoms with Crippen molar-refractivity contribution in [3.63, 3.8) is 0 Å². The van der Waals surface area contributed by atoms with Gasteiger partial charge in [0.15, 0.2) is 0 Å². The lowest BCUT2D eigenvalue weighted by molar-refractivity contribution is 0.104. The second kappa shape index (κ2) is 4.78. The van der Waals surface area contributed by atoms with E-state index in [2.05, 4.69) is 11.1 Å². The number of carbonyl (C=O) groups excluding carboxylic acids is 1. The molecule has 2 nitrogen and oxygen atoms in total. The fourth-order valence-electron chi connectivity index (χ4n) is 2.95. The molecule has 0 aliphatic heterocycles. The number of benzene rings is 1. The van der Waals surface area contributed by atoms with Gasteiger partial charge in [-0.3, -0.25) is 9.78 Å². The van der Waals surface area contributed by atoms with Crippen molar-refractivity contribution in [3.8, 4) is 0 Å². The second-order valence-corrected chi connectivity index (χ2v) is 6.74. The monoisotopic (exact) mass is 293 g/mol. The summed E-state index contributed by atoms with van der Waals surface area (Å²) in [6, 6.07) is 11.9. The molecule has 104 valence electrons. The van der Waals surface area contributed by atoms with Gasteiger partial charge < -0.3 is 0 Å². The van der Waals surface area contributed by atoms with Crippen molar-refractivity contribution in [2.75, 3.05) is 0 Å². The van der Waals surface area contributed by atoms with E-state index in [0.717, 1.165) is 39.9 Å². The number of rotatable bonds is 2. The number of aryl methyl sites for hydroxylation is 3. The Hall–Kier alpha value is -2.00. The van der Waals surface area contributed by atoms with Gasteiger partial charge in [-0.15, -0.1) is 11.3 Å². The highest BCUT2D eigenvalue weighted by Crippen LogP contribution is 2.32. The van der Waals surface area contributed by atoms with Gasteiger partial charge in [0, 0.05) is 21.5 Å². The predicted octanol–water partition coefficient (Wildman–Crippen LogP) is 4.32. The van der Waals surface area contributed by atoms with Crippen molar-refractivity contribution in [1.29, 1.82) is 0 Å². The van der Waals surface area contributed by atoms with Crippen LogP contribution in [0.15, 0.2) is 36.4 Å². The van der Waals surface area contributed by atoms with Crippen LogP contribution < -0.4 is 0 Å². The van der Waals surface area contributed by atoms with E-state index in [1.54, 1.807) is 11.3 Å². The zero-order valence-corrected chi connectivity index (χ0v) is 12.7. The maximum atomic E-state index is 12.7. The number of hydrogen-bond donors (Lipinski definition) is 0. The van der Waals surface area contributed by atoms with E-state index in [1.165, 1.54) is 16.9 Å². The topological polar surface area (TPSA) is 30.0 Å². The maximum absolute atomic E-state index is 12.7. The van der Waals surface area contributed by atoms with Gasteiger partial charge in [0.05, 0.1) is 10.4 Å². The molecule has 3 aromatic rings. The van der Waals surface area contributed by atoms with Crippen molar-refractivity contribution < 1.29 is 4.79 Å². The van der Waals surface area contributed by atoms with Gasteiger partial charge in [-0.05, 0) is 62.1 Å². The molecule has 2 aromatic heterocycles. The molecule has 0 unspecified atom stereocenters. The quantitative estimate of drug-likeness (QED) is 0.658. The van der Waals surface area contributed by atoms with Gasteiger partial charge in [0.1, 0.15) is 0 Å². The Morgan fingerprint density at radius 1 is 1.14 bits per heavy atom. The molecular formula is C18H15NOS. The summed E-state index contributed by atoms with van der Waals surface area (Å²) >= 11 is 1.67. The lowest BCUT2D eigenvalue weighted by atomic mass is 10.1. The summed E-state index contributed by atoms with van der Waals surface area (Å²) in [7, 11) is 0. The van der Waals surface area contributed by atoms with E-state index in [0.29, 0.717) is 0 Å². The van der Waals surface area contributed by atoms with E-state index < -0.39 is 0 Å². The number of ketones is 1. The van der Waals surface area contributed by atoms with Crippen LogP contribution >= 0.6 is 11.3 Å². The molecule has 21 heavy (non-hydrogen) atoms. The van der Waals surface area contributed by atoms with Gasteiger partial charge in [-0.2, -0.15) is 0 Å². The molecule has 1 aromatic carbocycles. The number of nitrogens with zero attached hydrogens (tertiary/aromatic N) is 1. The molecule has 0 saturated carbocycles. The Labute approximate surface area is 127 Å². The number of fused-ring (bicyclic) bond motifs is 2. The molecule has 1 aliphatic carbocycles.